The largest absolute Gasteiger partial charge is 0.487 e. The zero-order valence-electron chi connectivity index (χ0n) is 19.1. The number of benzene rings is 2. The number of carbonyl (C=O) groups is 1. The lowest BCUT2D eigenvalue weighted by molar-refractivity contribution is 0.0152. The SMILES string of the molecule is CC1(c2nc(COc3ccc(Cl)c(F)c3)no2)CC(N(C[C@@H]2CC(=O)c3cc(Cl)ccc3O2)N=O)C1. The van der Waals surface area contributed by atoms with Crippen molar-refractivity contribution >= 4 is 29.0 Å². The second-order valence-corrected chi connectivity index (χ2v) is 10.1. The second-order valence-electron chi connectivity index (χ2n) is 9.21. The molecule has 1 atom stereocenters. The van der Waals surface area contributed by atoms with Gasteiger partial charge in [0.2, 0.25) is 11.7 Å². The third-order valence-corrected chi connectivity index (χ3v) is 7.02. The van der Waals surface area contributed by atoms with Gasteiger partial charge in [0, 0.05) is 17.5 Å². The van der Waals surface area contributed by atoms with Crippen molar-refractivity contribution in [3.05, 3.63) is 74.4 Å². The van der Waals surface area contributed by atoms with Gasteiger partial charge in [-0.3, -0.25) is 9.80 Å². The van der Waals surface area contributed by atoms with Crippen molar-refractivity contribution in [3.63, 3.8) is 0 Å². The van der Waals surface area contributed by atoms with E-state index in [4.69, 9.17) is 37.2 Å². The number of hydrogen-bond donors (Lipinski definition) is 0. The van der Waals surface area contributed by atoms with E-state index >= 15 is 0 Å². The van der Waals surface area contributed by atoms with Gasteiger partial charge < -0.3 is 14.0 Å². The van der Waals surface area contributed by atoms with Gasteiger partial charge in [-0.25, -0.2) is 4.39 Å². The molecular formula is C24H21Cl2FN4O5. The molecule has 188 valence electrons. The fourth-order valence-corrected chi connectivity index (χ4v) is 4.85. The molecular weight excluding hydrogens is 514 g/mol. The predicted octanol–water partition coefficient (Wildman–Crippen LogP) is 5.53. The zero-order valence-corrected chi connectivity index (χ0v) is 20.6. The molecule has 2 heterocycles. The van der Waals surface area contributed by atoms with Crippen LogP contribution in [0.15, 0.2) is 46.2 Å². The van der Waals surface area contributed by atoms with Crippen molar-refractivity contribution in [2.75, 3.05) is 6.54 Å². The minimum absolute atomic E-state index is 0.00639. The number of Topliss-reactive ketones (excluding diaryl/α,β-unsaturated/α-hetero) is 1. The summed E-state index contributed by atoms with van der Waals surface area (Å²) in [4.78, 5) is 28.5. The van der Waals surface area contributed by atoms with E-state index in [1.165, 1.54) is 17.1 Å². The van der Waals surface area contributed by atoms with Crippen LogP contribution in [0.1, 0.15) is 48.3 Å². The van der Waals surface area contributed by atoms with Crippen LogP contribution in [-0.4, -0.2) is 39.6 Å². The molecule has 0 spiro atoms. The molecule has 1 aliphatic heterocycles. The Kier molecular flexibility index (Phi) is 6.57. The molecule has 12 heteroatoms. The van der Waals surface area contributed by atoms with Crippen LogP contribution in [0.4, 0.5) is 4.39 Å². The number of halogens is 3. The Morgan fingerprint density at radius 2 is 2.06 bits per heavy atom. The minimum Gasteiger partial charge on any atom is -0.487 e. The first-order valence-corrected chi connectivity index (χ1v) is 12.0. The number of ketones is 1. The summed E-state index contributed by atoms with van der Waals surface area (Å²) in [7, 11) is 0. The van der Waals surface area contributed by atoms with E-state index in [2.05, 4.69) is 15.4 Å². The first-order valence-electron chi connectivity index (χ1n) is 11.2. The summed E-state index contributed by atoms with van der Waals surface area (Å²) in [5.74, 6) is 0.798. The number of nitroso groups, excluding NO2 is 1. The molecule has 1 fully saturated rings. The third-order valence-electron chi connectivity index (χ3n) is 6.48. The van der Waals surface area contributed by atoms with Crippen molar-refractivity contribution in [1.29, 1.82) is 0 Å². The highest BCUT2D eigenvalue weighted by molar-refractivity contribution is 6.31. The number of aromatic nitrogens is 2. The smallest absolute Gasteiger partial charge is 0.232 e. The second kappa shape index (κ2) is 9.67. The lowest BCUT2D eigenvalue weighted by Gasteiger charge is -2.46. The highest BCUT2D eigenvalue weighted by atomic mass is 35.5. The average molecular weight is 535 g/mol. The molecule has 1 saturated carbocycles. The molecule has 0 N–H and O–H groups in total. The summed E-state index contributed by atoms with van der Waals surface area (Å²) in [6, 6.07) is 8.85. The maximum absolute atomic E-state index is 13.6. The molecule has 0 amide bonds. The van der Waals surface area contributed by atoms with E-state index in [-0.39, 0.29) is 36.4 Å². The van der Waals surface area contributed by atoms with E-state index in [1.54, 1.807) is 24.3 Å². The summed E-state index contributed by atoms with van der Waals surface area (Å²) >= 11 is 11.7. The van der Waals surface area contributed by atoms with Crippen molar-refractivity contribution in [2.45, 2.75) is 50.4 Å². The fourth-order valence-electron chi connectivity index (χ4n) is 4.56. The molecule has 2 aliphatic rings. The third kappa shape index (κ3) is 4.87. The van der Waals surface area contributed by atoms with Gasteiger partial charge in [-0.1, -0.05) is 35.3 Å². The maximum Gasteiger partial charge on any atom is 0.232 e. The first-order chi connectivity index (χ1) is 17.2. The van der Waals surface area contributed by atoms with Crippen molar-refractivity contribution in [2.24, 2.45) is 5.29 Å². The van der Waals surface area contributed by atoms with Gasteiger partial charge in [0.05, 0.1) is 33.9 Å². The number of rotatable bonds is 8. The van der Waals surface area contributed by atoms with E-state index in [9.17, 15) is 14.1 Å². The van der Waals surface area contributed by atoms with Gasteiger partial charge in [0.15, 0.2) is 12.4 Å². The maximum atomic E-state index is 13.6. The molecule has 1 aliphatic carbocycles. The molecule has 0 radical (unpaired) electrons. The average Bonchev–Trinajstić information content (AvgIpc) is 3.31. The van der Waals surface area contributed by atoms with E-state index in [0.29, 0.717) is 46.6 Å². The van der Waals surface area contributed by atoms with Crippen LogP contribution in [-0.2, 0) is 12.0 Å². The van der Waals surface area contributed by atoms with Gasteiger partial charge in [0.25, 0.3) is 0 Å². The van der Waals surface area contributed by atoms with E-state index in [1.807, 2.05) is 6.92 Å². The van der Waals surface area contributed by atoms with Crippen LogP contribution < -0.4 is 9.47 Å². The Morgan fingerprint density at radius 3 is 2.81 bits per heavy atom. The number of nitrogens with zero attached hydrogens (tertiary/aromatic N) is 4. The summed E-state index contributed by atoms with van der Waals surface area (Å²) in [6.45, 7) is 2.13. The van der Waals surface area contributed by atoms with Gasteiger partial charge in [-0.05, 0) is 43.2 Å². The molecule has 0 bridgehead atoms. The van der Waals surface area contributed by atoms with Crippen LogP contribution >= 0.6 is 23.2 Å². The Labute approximate surface area is 215 Å². The van der Waals surface area contributed by atoms with Crippen molar-refractivity contribution in [3.8, 4) is 11.5 Å². The van der Waals surface area contributed by atoms with Crippen LogP contribution in [0, 0.1) is 10.7 Å². The monoisotopic (exact) mass is 534 g/mol. The van der Waals surface area contributed by atoms with Crippen molar-refractivity contribution in [1.82, 2.24) is 15.1 Å². The molecule has 0 saturated heterocycles. The quantitative estimate of drug-likeness (QED) is 0.274. The Bertz CT molecular complexity index is 1310. The van der Waals surface area contributed by atoms with Gasteiger partial charge in [-0.15, -0.1) is 4.91 Å². The minimum atomic E-state index is -0.582. The highest BCUT2D eigenvalue weighted by Crippen LogP contribution is 2.45. The van der Waals surface area contributed by atoms with Gasteiger partial charge in [-0.2, -0.15) is 4.98 Å². The number of carbonyl (C=O) groups excluding carboxylic acids is 1. The molecule has 5 rings (SSSR count). The number of ether oxygens (including phenoxy) is 2. The Balaban J connectivity index is 1.17. The Hall–Kier alpha value is -3.24. The van der Waals surface area contributed by atoms with E-state index in [0.717, 1.165) is 0 Å². The molecule has 1 aromatic heterocycles. The lowest BCUT2D eigenvalue weighted by Crippen LogP contribution is -2.52. The molecule has 2 aromatic carbocycles. The molecule has 9 nitrogen and oxygen atoms in total. The molecule has 36 heavy (non-hydrogen) atoms. The predicted molar refractivity (Wildman–Crippen MR) is 128 cm³/mol. The first kappa shape index (κ1) is 24.5. The zero-order chi connectivity index (χ0) is 25.4. The van der Waals surface area contributed by atoms with Crippen LogP contribution in [0.5, 0.6) is 11.5 Å². The summed E-state index contributed by atoms with van der Waals surface area (Å²) in [6.07, 6.45) is 0.738. The topological polar surface area (TPSA) is 107 Å². The summed E-state index contributed by atoms with van der Waals surface area (Å²) < 4.78 is 30.4. The normalized spacial score (nSPS) is 22.8. The van der Waals surface area contributed by atoms with Crippen LogP contribution in [0.2, 0.25) is 10.0 Å². The summed E-state index contributed by atoms with van der Waals surface area (Å²) in [5, 5.41) is 9.01. The van der Waals surface area contributed by atoms with Gasteiger partial charge >= 0.3 is 0 Å². The standard InChI is InChI=1S/C24H21Cl2FN4O5/c1-24(23-28-22(29-36-23)12-34-15-3-4-18(26)19(27)7-15)9-14(10-24)31(30-33)11-16-8-20(32)17-6-13(25)2-5-21(17)35-16/h2-7,14,16H,8-12H2,1H3/t14?,16-,24?/m0/s1. The lowest BCUT2D eigenvalue weighted by atomic mass is 9.66. The van der Waals surface area contributed by atoms with E-state index < -0.39 is 17.3 Å². The molecule has 3 aromatic rings. The summed E-state index contributed by atoms with van der Waals surface area (Å²) in [5.41, 5.74) is -0.00405. The van der Waals surface area contributed by atoms with Crippen LogP contribution in [0.3, 0.4) is 0 Å². The van der Waals surface area contributed by atoms with Crippen LogP contribution in [0.25, 0.3) is 0 Å². The fraction of sp³-hybridized carbons (Fsp3) is 0.375. The Morgan fingerprint density at radius 1 is 1.25 bits per heavy atom. The van der Waals surface area contributed by atoms with Gasteiger partial charge in [0.1, 0.15) is 23.4 Å². The highest BCUT2D eigenvalue weighted by Gasteiger charge is 2.49. The molecule has 0 unspecified atom stereocenters. The number of hydrogen-bond acceptors (Lipinski definition) is 8. The number of fused-ring (bicyclic) bond motifs is 1. The van der Waals surface area contributed by atoms with Crippen molar-refractivity contribution < 1.29 is 23.2 Å².